The first-order valence-electron chi connectivity index (χ1n) is 7.73. The van der Waals surface area contributed by atoms with Crippen molar-refractivity contribution in [1.29, 1.82) is 0 Å². The van der Waals surface area contributed by atoms with E-state index in [2.05, 4.69) is 20.3 Å². The molecule has 1 aliphatic heterocycles. The van der Waals surface area contributed by atoms with Crippen LogP contribution in [0.15, 0.2) is 70.6 Å². The SMILES string of the molecule is O=S(=O)=C1C=NC(=C(c2ccccc2)S(=O)(=O)c2nc3ccccc3[nH]2)N1. The third kappa shape index (κ3) is 3.04. The predicted molar refractivity (Wildman–Crippen MR) is 102 cm³/mol. The monoisotopic (exact) mass is 400 g/mol. The van der Waals surface area contributed by atoms with E-state index in [9.17, 15) is 16.8 Å². The zero-order chi connectivity index (χ0) is 19.0. The molecule has 0 spiro atoms. The van der Waals surface area contributed by atoms with Crippen molar-refractivity contribution < 1.29 is 16.8 Å². The van der Waals surface area contributed by atoms with Gasteiger partial charge in [0, 0.05) is 0 Å². The largest absolute Gasteiger partial charge is 0.328 e. The van der Waals surface area contributed by atoms with E-state index < -0.39 is 20.1 Å². The average molecular weight is 400 g/mol. The van der Waals surface area contributed by atoms with Crippen molar-refractivity contribution >= 4 is 47.3 Å². The lowest BCUT2D eigenvalue weighted by atomic mass is 10.2. The summed E-state index contributed by atoms with van der Waals surface area (Å²) in [5.41, 5.74) is 1.43. The fourth-order valence-corrected chi connectivity index (χ4v) is 4.45. The van der Waals surface area contributed by atoms with Gasteiger partial charge in [-0.25, -0.2) is 18.4 Å². The Hall–Kier alpha value is -3.24. The standard InChI is InChI=1S/C17H12N4O4S2/c22-26(23)14-10-18-16(21-14)15(11-6-2-1-3-7-11)27(24,25)17-19-12-8-4-5-9-13(12)20-17/h1-10,21H,(H,19,20). The summed E-state index contributed by atoms with van der Waals surface area (Å²) < 4.78 is 49.0. The minimum absolute atomic E-state index is 0.0825. The van der Waals surface area contributed by atoms with E-state index in [1.54, 1.807) is 54.6 Å². The maximum Gasteiger partial charge on any atom is 0.244 e. The molecule has 0 atom stereocenters. The molecule has 0 unspecified atom stereocenters. The summed E-state index contributed by atoms with van der Waals surface area (Å²) in [7, 11) is -6.69. The molecular formula is C17H12N4O4S2. The minimum atomic E-state index is -4.13. The molecule has 0 saturated carbocycles. The van der Waals surface area contributed by atoms with E-state index in [1.165, 1.54) is 0 Å². The zero-order valence-corrected chi connectivity index (χ0v) is 15.3. The Labute approximate surface area is 155 Å². The summed E-state index contributed by atoms with van der Waals surface area (Å²) in [6, 6.07) is 15.2. The van der Waals surface area contributed by atoms with Crippen molar-refractivity contribution in [3.63, 3.8) is 0 Å². The summed E-state index contributed by atoms with van der Waals surface area (Å²) in [6.07, 6.45) is 1.07. The quantitative estimate of drug-likeness (QED) is 0.640. The summed E-state index contributed by atoms with van der Waals surface area (Å²) >= 11 is 0. The van der Waals surface area contributed by atoms with Crippen LogP contribution in [0.25, 0.3) is 15.9 Å². The van der Waals surface area contributed by atoms with Gasteiger partial charge in [-0.1, -0.05) is 42.5 Å². The van der Waals surface area contributed by atoms with Crippen LogP contribution in [0.3, 0.4) is 0 Å². The van der Waals surface area contributed by atoms with E-state index in [0.717, 1.165) is 6.21 Å². The third-order valence-electron chi connectivity index (χ3n) is 3.87. The molecule has 8 nitrogen and oxygen atoms in total. The number of aromatic nitrogens is 2. The number of hydrogen-bond donors (Lipinski definition) is 2. The van der Waals surface area contributed by atoms with Crippen LogP contribution < -0.4 is 5.32 Å². The van der Waals surface area contributed by atoms with Crippen LogP contribution in [0.5, 0.6) is 0 Å². The molecule has 27 heavy (non-hydrogen) atoms. The topological polar surface area (TPSA) is 121 Å². The van der Waals surface area contributed by atoms with E-state index in [4.69, 9.17) is 0 Å². The molecule has 0 saturated heterocycles. The number of aromatic amines is 1. The Bertz CT molecular complexity index is 1310. The highest BCUT2D eigenvalue weighted by Crippen LogP contribution is 2.31. The van der Waals surface area contributed by atoms with E-state index in [0.29, 0.717) is 16.6 Å². The van der Waals surface area contributed by atoms with Crippen molar-refractivity contribution in [2.45, 2.75) is 5.16 Å². The van der Waals surface area contributed by atoms with Crippen LogP contribution in [-0.4, -0.2) is 38.0 Å². The number of nitrogens with zero attached hydrogens (tertiary/aromatic N) is 2. The Morgan fingerprint density at radius 1 is 0.963 bits per heavy atom. The van der Waals surface area contributed by atoms with Gasteiger partial charge in [-0.15, -0.1) is 0 Å². The number of fused-ring (bicyclic) bond motifs is 1. The molecule has 1 aliphatic rings. The van der Waals surface area contributed by atoms with Gasteiger partial charge >= 0.3 is 0 Å². The highest BCUT2D eigenvalue weighted by atomic mass is 32.2. The maximum atomic E-state index is 13.3. The van der Waals surface area contributed by atoms with E-state index in [1.807, 2.05) is 0 Å². The van der Waals surface area contributed by atoms with Gasteiger partial charge in [-0.05, 0) is 17.7 Å². The normalized spacial score (nSPS) is 15.8. The predicted octanol–water partition coefficient (Wildman–Crippen LogP) is 1.35. The van der Waals surface area contributed by atoms with Crippen LogP contribution >= 0.6 is 0 Å². The average Bonchev–Trinajstić information content (AvgIpc) is 3.30. The first kappa shape index (κ1) is 17.2. The van der Waals surface area contributed by atoms with Crippen LogP contribution in [0.1, 0.15) is 5.56 Å². The second-order valence-electron chi connectivity index (χ2n) is 5.59. The lowest BCUT2D eigenvalue weighted by Crippen LogP contribution is -2.20. The van der Waals surface area contributed by atoms with Crippen LogP contribution in [-0.2, 0) is 20.1 Å². The van der Waals surface area contributed by atoms with Crippen LogP contribution in [0.4, 0.5) is 0 Å². The molecule has 0 aliphatic carbocycles. The van der Waals surface area contributed by atoms with E-state index in [-0.39, 0.29) is 20.9 Å². The number of H-pyrrole nitrogens is 1. The zero-order valence-electron chi connectivity index (χ0n) is 13.6. The molecule has 1 aromatic heterocycles. The molecule has 2 N–H and O–H groups in total. The van der Waals surface area contributed by atoms with Crippen LogP contribution in [0, 0.1) is 0 Å². The Morgan fingerprint density at radius 3 is 2.33 bits per heavy atom. The minimum Gasteiger partial charge on any atom is -0.328 e. The highest BCUT2D eigenvalue weighted by molar-refractivity contribution is 8.00. The fourth-order valence-electron chi connectivity index (χ4n) is 2.67. The number of nitrogens with one attached hydrogen (secondary N) is 2. The first-order valence-corrected chi connectivity index (χ1v) is 10.3. The van der Waals surface area contributed by atoms with Gasteiger partial charge in [-0.3, -0.25) is 0 Å². The van der Waals surface area contributed by atoms with Crippen LogP contribution in [0.2, 0.25) is 0 Å². The van der Waals surface area contributed by atoms with Crippen molar-refractivity contribution in [2.24, 2.45) is 4.99 Å². The molecule has 10 heteroatoms. The number of aliphatic imine (C=N–C) groups is 1. The second-order valence-corrected chi connectivity index (χ2v) is 8.30. The molecule has 3 aromatic rings. The summed E-state index contributed by atoms with van der Waals surface area (Å²) in [4.78, 5) is 10.5. The molecule has 136 valence electrons. The third-order valence-corrected chi connectivity index (χ3v) is 6.11. The Kier molecular flexibility index (Phi) is 4.13. The summed E-state index contributed by atoms with van der Waals surface area (Å²) in [5, 5.41) is 2.29. The number of hydrogen-bond acceptors (Lipinski definition) is 6. The van der Waals surface area contributed by atoms with Crippen molar-refractivity contribution in [1.82, 2.24) is 15.3 Å². The first-order chi connectivity index (χ1) is 13.0. The molecule has 2 heterocycles. The van der Waals surface area contributed by atoms with Gasteiger partial charge < -0.3 is 10.3 Å². The Morgan fingerprint density at radius 2 is 1.67 bits per heavy atom. The summed E-state index contributed by atoms with van der Waals surface area (Å²) in [6.45, 7) is 0. The van der Waals surface area contributed by atoms with Crippen molar-refractivity contribution in [3.8, 4) is 0 Å². The molecule has 2 aromatic carbocycles. The molecule has 0 amide bonds. The lowest BCUT2D eigenvalue weighted by Gasteiger charge is -2.10. The highest BCUT2D eigenvalue weighted by Gasteiger charge is 2.31. The van der Waals surface area contributed by atoms with Gasteiger partial charge in [0.2, 0.25) is 25.3 Å². The fraction of sp³-hybridized carbons (Fsp3) is 0. The van der Waals surface area contributed by atoms with Gasteiger partial charge in [0.05, 0.1) is 17.2 Å². The number of para-hydroxylation sites is 2. The smallest absolute Gasteiger partial charge is 0.244 e. The molecule has 0 radical (unpaired) electrons. The number of sulfone groups is 1. The number of benzene rings is 2. The van der Waals surface area contributed by atoms with Gasteiger partial charge in [0.15, 0.2) is 10.8 Å². The maximum absolute atomic E-state index is 13.3. The Balaban J connectivity index is 1.96. The van der Waals surface area contributed by atoms with Gasteiger partial charge in [-0.2, -0.15) is 8.42 Å². The molecule has 4 rings (SSSR count). The van der Waals surface area contributed by atoms with Crippen molar-refractivity contribution in [2.75, 3.05) is 0 Å². The summed E-state index contributed by atoms with van der Waals surface area (Å²) in [5.74, 6) is -0.0825. The molecular weight excluding hydrogens is 388 g/mol. The van der Waals surface area contributed by atoms with Crippen molar-refractivity contribution in [3.05, 3.63) is 66.0 Å². The number of imidazole rings is 1. The molecule has 0 bridgehead atoms. The van der Waals surface area contributed by atoms with Gasteiger partial charge in [0.25, 0.3) is 0 Å². The second kappa shape index (κ2) is 6.49. The van der Waals surface area contributed by atoms with Gasteiger partial charge in [0.1, 0.15) is 4.91 Å². The van der Waals surface area contributed by atoms with E-state index >= 15 is 0 Å². The molecule has 0 fully saturated rings. The lowest BCUT2D eigenvalue weighted by molar-refractivity contribution is 0.599. The number of rotatable bonds is 3.